The summed E-state index contributed by atoms with van der Waals surface area (Å²) in [7, 11) is 0. The highest BCUT2D eigenvalue weighted by atomic mass is 16.5. The zero-order valence-electron chi connectivity index (χ0n) is 14.5. The minimum atomic E-state index is -0.105. The molecule has 0 unspecified atom stereocenters. The van der Waals surface area contributed by atoms with Crippen LogP contribution in [0.1, 0.15) is 73.1 Å². The van der Waals surface area contributed by atoms with Crippen LogP contribution in [0, 0.1) is 23.2 Å². The molecule has 0 radical (unpaired) electrons. The maximum Gasteiger partial charge on any atom is 0.333 e. The molecule has 2 heteroatoms. The van der Waals surface area contributed by atoms with E-state index in [0.717, 1.165) is 36.2 Å². The molecule has 0 amide bonds. The molecule has 3 atom stereocenters. The van der Waals surface area contributed by atoms with Crippen LogP contribution in [0.5, 0.6) is 0 Å². The fourth-order valence-corrected chi connectivity index (χ4v) is 4.86. The molecule has 0 spiro atoms. The van der Waals surface area contributed by atoms with Crippen LogP contribution in [0.15, 0.2) is 11.1 Å². The highest BCUT2D eigenvalue weighted by Crippen LogP contribution is 2.55. The highest BCUT2D eigenvalue weighted by molar-refractivity contribution is 5.88. The van der Waals surface area contributed by atoms with Crippen molar-refractivity contribution in [2.75, 3.05) is 6.61 Å². The predicted molar refractivity (Wildman–Crippen MR) is 87.0 cm³/mol. The number of carbonyl (C=O) groups is 1. The van der Waals surface area contributed by atoms with Crippen molar-refractivity contribution in [3.05, 3.63) is 11.1 Å². The number of hydrogen-bond donors (Lipinski definition) is 0. The summed E-state index contributed by atoms with van der Waals surface area (Å²) < 4.78 is 5.19. The molecular weight excluding hydrogens is 260 g/mol. The summed E-state index contributed by atoms with van der Waals surface area (Å²) in [6.45, 7) is 11.6. The highest BCUT2D eigenvalue weighted by Gasteiger charge is 2.46. The van der Waals surface area contributed by atoms with Crippen molar-refractivity contribution in [2.45, 2.75) is 73.1 Å². The molecule has 0 aromatic rings. The first-order valence-corrected chi connectivity index (χ1v) is 8.77. The summed E-state index contributed by atoms with van der Waals surface area (Å²) in [5, 5.41) is 0. The molecule has 2 fully saturated rings. The van der Waals surface area contributed by atoms with E-state index in [9.17, 15) is 4.79 Å². The lowest BCUT2D eigenvalue weighted by molar-refractivity contribution is -0.138. The number of ether oxygens (including phenoxy) is 1. The van der Waals surface area contributed by atoms with Crippen LogP contribution in [-0.4, -0.2) is 12.6 Å². The van der Waals surface area contributed by atoms with E-state index < -0.39 is 0 Å². The number of hydrogen-bond acceptors (Lipinski definition) is 2. The van der Waals surface area contributed by atoms with Gasteiger partial charge in [0.25, 0.3) is 0 Å². The first-order valence-electron chi connectivity index (χ1n) is 8.77. The van der Waals surface area contributed by atoms with Gasteiger partial charge in [-0.3, -0.25) is 0 Å². The van der Waals surface area contributed by atoms with E-state index in [1.165, 1.54) is 31.3 Å². The molecule has 2 aliphatic carbocycles. The van der Waals surface area contributed by atoms with Gasteiger partial charge in [0.05, 0.1) is 6.61 Å². The molecule has 0 bridgehead atoms. The number of rotatable bonds is 3. The SMILES string of the molecule is CCOC(=O)/C(C)=C1\CC[C@H]2CC[C@H](CC)C(C)(C)[C@H]2C1. The van der Waals surface area contributed by atoms with E-state index in [0.29, 0.717) is 12.0 Å². The number of fused-ring (bicyclic) bond motifs is 1. The van der Waals surface area contributed by atoms with E-state index in [-0.39, 0.29) is 5.97 Å². The van der Waals surface area contributed by atoms with Gasteiger partial charge in [-0.05, 0) is 69.1 Å². The van der Waals surface area contributed by atoms with Crippen molar-refractivity contribution in [1.82, 2.24) is 0 Å². The Hall–Kier alpha value is -0.790. The summed E-state index contributed by atoms with van der Waals surface area (Å²) in [4.78, 5) is 12.0. The summed E-state index contributed by atoms with van der Waals surface area (Å²) >= 11 is 0. The lowest BCUT2D eigenvalue weighted by Gasteiger charge is -2.52. The molecule has 0 aromatic heterocycles. The van der Waals surface area contributed by atoms with Gasteiger partial charge in [-0.2, -0.15) is 0 Å². The van der Waals surface area contributed by atoms with E-state index in [1.807, 2.05) is 13.8 Å². The zero-order valence-corrected chi connectivity index (χ0v) is 14.5. The lowest BCUT2D eigenvalue weighted by Crippen LogP contribution is -2.43. The van der Waals surface area contributed by atoms with Crippen LogP contribution in [-0.2, 0) is 9.53 Å². The minimum Gasteiger partial charge on any atom is -0.463 e. The van der Waals surface area contributed by atoms with Crippen molar-refractivity contribution < 1.29 is 9.53 Å². The quantitative estimate of drug-likeness (QED) is 0.532. The topological polar surface area (TPSA) is 26.3 Å². The van der Waals surface area contributed by atoms with Crippen molar-refractivity contribution in [1.29, 1.82) is 0 Å². The van der Waals surface area contributed by atoms with Gasteiger partial charge in [0.1, 0.15) is 0 Å². The van der Waals surface area contributed by atoms with Crippen LogP contribution in [0.2, 0.25) is 0 Å². The van der Waals surface area contributed by atoms with E-state index in [1.54, 1.807) is 0 Å². The molecule has 0 saturated heterocycles. The molecule has 0 heterocycles. The van der Waals surface area contributed by atoms with Gasteiger partial charge >= 0.3 is 5.97 Å². The van der Waals surface area contributed by atoms with Gasteiger partial charge in [0.2, 0.25) is 0 Å². The van der Waals surface area contributed by atoms with E-state index in [4.69, 9.17) is 4.74 Å². The number of carbonyl (C=O) groups excluding carboxylic acids is 1. The summed E-state index contributed by atoms with van der Waals surface area (Å²) in [5.41, 5.74) is 2.64. The molecule has 2 aliphatic rings. The Morgan fingerprint density at radius 2 is 1.95 bits per heavy atom. The smallest absolute Gasteiger partial charge is 0.333 e. The maximum absolute atomic E-state index is 12.0. The monoisotopic (exact) mass is 292 g/mol. The second kappa shape index (κ2) is 6.54. The van der Waals surface area contributed by atoms with Gasteiger partial charge in [0, 0.05) is 5.57 Å². The van der Waals surface area contributed by atoms with Crippen molar-refractivity contribution in [3.8, 4) is 0 Å². The number of allylic oxidation sites excluding steroid dienone is 1. The Kier molecular flexibility index (Phi) is 5.16. The molecule has 2 saturated carbocycles. The predicted octanol–water partition coefficient (Wildman–Crippen LogP) is 5.13. The molecule has 21 heavy (non-hydrogen) atoms. The Balaban J connectivity index is 2.19. The molecule has 2 rings (SSSR count). The Morgan fingerprint density at radius 3 is 2.57 bits per heavy atom. The fraction of sp³-hybridized carbons (Fsp3) is 0.842. The largest absolute Gasteiger partial charge is 0.463 e. The van der Waals surface area contributed by atoms with E-state index in [2.05, 4.69) is 20.8 Å². The van der Waals surface area contributed by atoms with Crippen LogP contribution in [0.25, 0.3) is 0 Å². The molecule has 0 aliphatic heterocycles. The summed E-state index contributed by atoms with van der Waals surface area (Å²) in [5.74, 6) is 2.33. The summed E-state index contributed by atoms with van der Waals surface area (Å²) in [6.07, 6.45) is 7.53. The van der Waals surface area contributed by atoms with Crippen LogP contribution in [0.4, 0.5) is 0 Å². The second-order valence-corrected chi connectivity index (χ2v) is 7.56. The van der Waals surface area contributed by atoms with Crippen molar-refractivity contribution in [3.63, 3.8) is 0 Å². The molecular formula is C19H32O2. The average Bonchev–Trinajstić information content (AvgIpc) is 2.46. The molecule has 0 N–H and O–H groups in total. The Bertz CT molecular complexity index is 419. The van der Waals surface area contributed by atoms with Gasteiger partial charge in [0.15, 0.2) is 0 Å². The van der Waals surface area contributed by atoms with Gasteiger partial charge in [-0.1, -0.05) is 32.8 Å². The van der Waals surface area contributed by atoms with Crippen LogP contribution < -0.4 is 0 Å². The van der Waals surface area contributed by atoms with Gasteiger partial charge in [-0.25, -0.2) is 4.79 Å². The standard InChI is InChI=1S/C19H32O2/c1-6-16-11-10-14-8-9-15(12-17(14)19(16,4)5)13(3)18(20)21-7-2/h14,16-17H,6-12H2,1-5H3/b15-13+/t14-,16-,17-/m0/s1. The second-order valence-electron chi connectivity index (χ2n) is 7.56. The normalized spacial score (nSPS) is 34.0. The maximum atomic E-state index is 12.0. The number of esters is 1. The van der Waals surface area contributed by atoms with E-state index >= 15 is 0 Å². The Labute approximate surface area is 130 Å². The molecule has 2 nitrogen and oxygen atoms in total. The first-order chi connectivity index (χ1) is 9.91. The minimum absolute atomic E-state index is 0.105. The zero-order chi connectivity index (χ0) is 15.6. The first kappa shape index (κ1) is 16.6. The van der Waals surface area contributed by atoms with Crippen molar-refractivity contribution >= 4 is 5.97 Å². The Morgan fingerprint density at radius 1 is 1.24 bits per heavy atom. The molecule has 0 aromatic carbocycles. The fourth-order valence-electron chi connectivity index (χ4n) is 4.86. The van der Waals surface area contributed by atoms with Gasteiger partial charge in [-0.15, -0.1) is 0 Å². The third-order valence-corrected chi connectivity index (χ3v) is 6.35. The lowest BCUT2D eigenvalue weighted by atomic mass is 9.53. The average molecular weight is 292 g/mol. The summed E-state index contributed by atoms with van der Waals surface area (Å²) in [6, 6.07) is 0. The van der Waals surface area contributed by atoms with Crippen molar-refractivity contribution in [2.24, 2.45) is 23.2 Å². The van der Waals surface area contributed by atoms with Gasteiger partial charge < -0.3 is 4.74 Å². The molecule has 120 valence electrons. The third kappa shape index (κ3) is 3.19. The third-order valence-electron chi connectivity index (χ3n) is 6.35. The van der Waals surface area contributed by atoms with Crippen LogP contribution in [0.3, 0.4) is 0 Å². The van der Waals surface area contributed by atoms with Crippen LogP contribution >= 0.6 is 0 Å².